The number of carbonyl (C=O) groups is 1. The average Bonchev–Trinajstić information content (AvgIpc) is 2.10. The average molecular weight is 218 g/mol. The molecular weight excluding hydrogens is 204 g/mol. The standard InChI is InChI=1S/C11H14N4O/c12-10(16)8-4-14-11(13)15-9(8)3-7-5-1-6(7)2-5/h4-7H,1-3H2,(H2,12,16)(H2,13,14,15). The van der Waals surface area contributed by atoms with Crippen molar-refractivity contribution in [3.63, 3.8) is 0 Å². The number of primary amides is 1. The Hall–Kier alpha value is -1.65. The van der Waals surface area contributed by atoms with Crippen LogP contribution in [-0.2, 0) is 6.42 Å². The fraction of sp³-hybridized carbons (Fsp3) is 0.545. The third kappa shape index (κ3) is 1.27. The number of nitrogens with two attached hydrogens (primary N) is 2. The van der Waals surface area contributed by atoms with Gasteiger partial charge in [-0.2, -0.15) is 0 Å². The first-order chi connectivity index (χ1) is 7.65. The number of hydrogen-bond donors (Lipinski definition) is 2. The maximum atomic E-state index is 11.2. The Morgan fingerprint density at radius 3 is 2.62 bits per heavy atom. The molecule has 1 heterocycles. The molecule has 5 nitrogen and oxygen atoms in total. The van der Waals surface area contributed by atoms with E-state index in [4.69, 9.17) is 11.5 Å². The molecule has 3 aliphatic rings. The summed E-state index contributed by atoms with van der Waals surface area (Å²) in [6, 6.07) is 0. The normalized spacial score (nSPS) is 30.4. The number of nitrogens with zero attached hydrogens (tertiary/aromatic N) is 2. The fourth-order valence-electron chi connectivity index (χ4n) is 2.75. The number of aromatic nitrogens is 2. The van der Waals surface area contributed by atoms with E-state index < -0.39 is 5.91 Å². The van der Waals surface area contributed by atoms with Crippen molar-refractivity contribution >= 4 is 11.9 Å². The van der Waals surface area contributed by atoms with Crippen LogP contribution in [0.2, 0.25) is 0 Å². The largest absolute Gasteiger partial charge is 0.368 e. The molecule has 0 aromatic carbocycles. The van der Waals surface area contributed by atoms with Crippen LogP contribution in [-0.4, -0.2) is 15.9 Å². The molecule has 0 spiro atoms. The van der Waals surface area contributed by atoms with Crippen LogP contribution >= 0.6 is 0 Å². The van der Waals surface area contributed by atoms with Crippen molar-refractivity contribution in [3.05, 3.63) is 17.5 Å². The van der Waals surface area contributed by atoms with Crippen molar-refractivity contribution in [3.8, 4) is 0 Å². The van der Waals surface area contributed by atoms with E-state index in [0.29, 0.717) is 11.5 Å². The van der Waals surface area contributed by atoms with Gasteiger partial charge in [-0.15, -0.1) is 0 Å². The van der Waals surface area contributed by atoms with Crippen LogP contribution in [0.1, 0.15) is 28.9 Å². The minimum absolute atomic E-state index is 0.216. The highest BCUT2D eigenvalue weighted by Gasteiger charge is 2.52. The highest BCUT2D eigenvalue weighted by Crippen LogP contribution is 2.59. The number of hydrogen-bond acceptors (Lipinski definition) is 4. The Morgan fingerprint density at radius 1 is 1.44 bits per heavy atom. The lowest BCUT2D eigenvalue weighted by atomic mass is 9.47. The van der Waals surface area contributed by atoms with E-state index in [0.717, 1.165) is 24.0 Å². The van der Waals surface area contributed by atoms with Gasteiger partial charge in [0.2, 0.25) is 5.95 Å². The third-order valence-electron chi connectivity index (χ3n) is 4.00. The number of rotatable bonds is 3. The molecule has 3 aliphatic carbocycles. The summed E-state index contributed by atoms with van der Waals surface area (Å²) in [7, 11) is 0. The molecule has 1 aromatic heterocycles. The monoisotopic (exact) mass is 218 g/mol. The van der Waals surface area contributed by atoms with Crippen molar-refractivity contribution in [1.82, 2.24) is 9.97 Å². The predicted molar refractivity (Wildman–Crippen MR) is 58.4 cm³/mol. The molecule has 0 aliphatic heterocycles. The number of anilines is 1. The van der Waals surface area contributed by atoms with Crippen LogP contribution in [0.3, 0.4) is 0 Å². The van der Waals surface area contributed by atoms with Crippen molar-refractivity contribution in [2.45, 2.75) is 19.3 Å². The molecule has 1 aromatic rings. The predicted octanol–water partition coefficient (Wildman–Crippen LogP) is 0.356. The lowest BCUT2D eigenvalue weighted by Crippen LogP contribution is -2.51. The summed E-state index contributed by atoms with van der Waals surface area (Å²) in [6.07, 6.45) is 4.94. The van der Waals surface area contributed by atoms with Gasteiger partial charge in [0.15, 0.2) is 0 Å². The third-order valence-corrected chi connectivity index (χ3v) is 4.00. The van der Waals surface area contributed by atoms with E-state index >= 15 is 0 Å². The van der Waals surface area contributed by atoms with E-state index in [1.54, 1.807) is 0 Å². The molecule has 0 radical (unpaired) electrons. The van der Waals surface area contributed by atoms with Gasteiger partial charge in [0.1, 0.15) is 0 Å². The topological polar surface area (TPSA) is 94.9 Å². The molecule has 3 saturated carbocycles. The first-order valence-electron chi connectivity index (χ1n) is 5.56. The van der Waals surface area contributed by atoms with E-state index in [9.17, 15) is 4.79 Å². The Bertz CT molecular complexity index is 445. The number of amides is 1. The molecule has 5 heteroatoms. The molecular formula is C11H14N4O. The maximum absolute atomic E-state index is 11.2. The minimum atomic E-state index is -0.469. The van der Waals surface area contributed by atoms with Crippen LogP contribution in [0.25, 0.3) is 0 Å². The lowest BCUT2D eigenvalue weighted by Gasteiger charge is -2.58. The number of nitrogen functional groups attached to an aromatic ring is 1. The van der Waals surface area contributed by atoms with Gasteiger partial charge >= 0.3 is 0 Å². The Morgan fingerprint density at radius 2 is 2.12 bits per heavy atom. The van der Waals surface area contributed by atoms with Gasteiger partial charge in [0.25, 0.3) is 5.91 Å². The van der Waals surface area contributed by atoms with Crippen molar-refractivity contribution in [2.75, 3.05) is 5.73 Å². The van der Waals surface area contributed by atoms with Crippen LogP contribution < -0.4 is 11.5 Å². The molecule has 16 heavy (non-hydrogen) atoms. The Labute approximate surface area is 93.3 Å². The maximum Gasteiger partial charge on any atom is 0.252 e. The summed E-state index contributed by atoms with van der Waals surface area (Å²) in [6.45, 7) is 0. The van der Waals surface area contributed by atoms with Crippen LogP contribution in [0.4, 0.5) is 5.95 Å². The summed E-state index contributed by atoms with van der Waals surface area (Å²) in [5.74, 6) is 2.10. The molecule has 0 atom stereocenters. The second-order valence-corrected chi connectivity index (χ2v) is 4.81. The summed E-state index contributed by atoms with van der Waals surface area (Å²) in [5.41, 5.74) is 12.0. The van der Waals surface area contributed by atoms with Gasteiger partial charge in [-0.05, 0) is 37.0 Å². The van der Waals surface area contributed by atoms with Gasteiger partial charge in [0, 0.05) is 6.20 Å². The molecule has 0 saturated heterocycles. The molecule has 4 N–H and O–H groups in total. The van der Waals surface area contributed by atoms with Crippen molar-refractivity contribution in [1.29, 1.82) is 0 Å². The second kappa shape index (κ2) is 3.17. The summed E-state index contributed by atoms with van der Waals surface area (Å²) < 4.78 is 0. The van der Waals surface area contributed by atoms with Crippen LogP contribution in [0.5, 0.6) is 0 Å². The molecule has 0 unspecified atom stereocenters. The SMILES string of the molecule is NC(=O)c1cnc(N)nc1CC1C2CC1C2. The van der Waals surface area contributed by atoms with Crippen LogP contribution in [0, 0.1) is 17.8 Å². The quantitative estimate of drug-likeness (QED) is 0.765. The first kappa shape index (κ1) is 9.57. The van der Waals surface area contributed by atoms with Gasteiger partial charge in [-0.3, -0.25) is 4.79 Å². The summed E-state index contributed by atoms with van der Waals surface area (Å²) in [4.78, 5) is 19.2. The van der Waals surface area contributed by atoms with Gasteiger partial charge in [-0.1, -0.05) is 0 Å². The van der Waals surface area contributed by atoms with Crippen molar-refractivity contribution in [2.24, 2.45) is 23.5 Å². The highest BCUT2D eigenvalue weighted by molar-refractivity contribution is 5.93. The second-order valence-electron chi connectivity index (χ2n) is 4.81. The van der Waals surface area contributed by atoms with E-state index in [1.807, 2.05) is 0 Å². The first-order valence-corrected chi connectivity index (χ1v) is 5.56. The zero-order valence-corrected chi connectivity index (χ0v) is 8.89. The van der Waals surface area contributed by atoms with Gasteiger partial charge in [-0.25, -0.2) is 9.97 Å². The Balaban J connectivity index is 1.85. The lowest BCUT2D eigenvalue weighted by molar-refractivity contribution is -0.0800. The van der Waals surface area contributed by atoms with Gasteiger partial charge < -0.3 is 11.5 Å². The van der Waals surface area contributed by atoms with Gasteiger partial charge in [0.05, 0.1) is 11.3 Å². The molecule has 1 amide bonds. The molecule has 3 fully saturated rings. The fourth-order valence-corrected chi connectivity index (χ4v) is 2.75. The molecule has 4 rings (SSSR count). The smallest absolute Gasteiger partial charge is 0.252 e. The van der Waals surface area contributed by atoms with E-state index in [2.05, 4.69) is 9.97 Å². The van der Waals surface area contributed by atoms with E-state index in [-0.39, 0.29) is 5.95 Å². The van der Waals surface area contributed by atoms with Crippen LogP contribution in [0.15, 0.2) is 6.20 Å². The zero-order chi connectivity index (χ0) is 11.3. The Kier molecular flexibility index (Phi) is 1.89. The highest BCUT2D eigenvalue weighted by atomic mass is 16.1. The zero-order valence-electron chi connectivity index (χ0n) is 8.89. The summed E-state index contributed by atoms with van der Waals surface area (Å²) in [5, 5.41) is 0. The summed E-state index contributed by atoms with van der Waals surface area (Å²) >= 11 is 0. The molecule has 84 valence electrons. The molecule has 2 bridgehead atoms. The van der Waals surface area contributed by atoms with Crippen molar-refractivity contribution < 1.29 is 4.79 Å². The minimum Gasteiger partial charge on any atom is -0.368 e. The number of carbonyl (C=O) groups excluding carboxylic acids is 1. The van der Waals surface area contributed by atoms with E-state index in [1.165, 1.54) is 19.0 Å².